The van der Waals surface area contributed by atoms with Crippen LogP contribution in [0.15, 0.2) is 70.2 Å². The molecule has 3 heterocycles. The summed E-state index contributed by atoms with van der Waals surface area (Å²) in [5.41, 5.74) is 0.769. The summed E-state index contributed by atoms with van der Waals surface area (Å²) >= 11 is 0. The van der Waals surface area contributed by atoms with E-state index in [1.165, 1.54) is 12.3 Å². The normalized spacial score (nSPS) is 20.5. The summed E-state index contributed by atoms with van der Waals surface area (Å²) < 4.78 is 38.7. The number of benzene rings is 1. The zero-order valence-corrected chi connectivity index (χ0v) is 25.7. The van der Waals surface area contributed by atoms with Crippen molar-refractivity contribution < 1.29 is 32.0 Å². The van der Waals surface area contributed by atoms with Gasteiger partial charge in [-0.1, -0.05) is 31.7 Å². The molecule has 2 N–H and O–H groups in total. The van der Waals surface area contributed by atoms with E-state index in [1.54, 1.807) is 50.4 Å². The van der Waals surface area contributed by atoms with Crippen LogP contribution in [0.25, 0.3) is 11.3 Å². The number of rotatable bonds is 10. The minimum Gasteiger partial charge on any atom is -0.497 e. The lowest BCUT2D eigenvalue weighted by Crippen LogP contribution is -2.52. The van der Waals surface area contributed by atoms with Crippen LogP contribution in [0.4, 0.5) is 0 Å². The van der Waals surface area contributed by atoms with Crippen molar-refractivity contribution in [1.29, 1.82) is 0 Å². The summed E-state index contributed by atoms with van der Waals surface area (Å²) in [7, 11) is -2.42. The van der Waals surface area contributed by atoms with Gasteiger partial charge in [0, 0.05) is 17.8 Å². The highest BCUT2D eigenvalue weighted by Gasteiger charge is 2.38. The summed E-state index contributed by atoms with van der Waals surface area (Å²) in [4.78, 5) is 44.2. The number of carbonyl (C=O) groups is 3. The molecule has 3 atom stereocenters. The van der Waals surface area contributed by atoms with Gasteiger partial charge in [-0.2, -0.15) is 4.31 Å². The Labute approximate surface area is 257 Å². The van der Waals surface area contributed by atoms with Gasteiger partial charge >= 0.3 is 0 Å². The Kier molecular flexibility index (Phi) is 9.80. The average Bonchev–Trinajstić information content (AvgIpc) is 3.72. The van der Waals surface area contributed by atoms with Gasteiger partial charge in [-0.05, 0) is 80.6 Å². The highest BCUT2D eigenvalue weighted by atomic mass is 32.2. The van der Waals surface area contributed by atoms with Gasteiger partial charge in [-0.3, -0.25) is 14.4 Å². The van der Waals surface area contributed by atoms with E-state index in [4.69, 9.17) is 9.15 Å². The van der Waals surface area contributed by atoms with Gasteiger partial charge in [0.2, 0.25) is 5.91 Å². The number of nitrogens with one attached hydrogen (secondary N) is 2. The fraction of sp³-hybridized carbons (Fsp3) is 0.438. The second-order valence-corrected chi connectivity index (χ2v) is 13.3. The number of amides is 2. The quantitative estimate of drug-likeness (QED) is 0.345. The molecule has 1 aliphatic heterocycles. The standard InChI is InChI=1S/C32H38N4O7S/c1-21-10-15-25(27(37)20-36(21)44(40,41)30-9-5-6-18-33-30)34-31(38)26(19-22-7-3-4-8-22)35-32(39)29-17-16-28(43-29)23-11-13-24(42-2)14-12-23/h5-6,9,11-14,16-18,21-22,25-26H,3-4,7-8,10,15,19-20H2,1-2H3,(H,34,38)(H,35,39)/t21-,25+,26+/m1/s1. The number of nitrogens with zero attached hydrogens (tertiary/aromatic N) is 2. The van der Waals surface area contributed by atoms with Gasteiger partial charge in [-0.25, -0.2) is 13.4 Å². The number of hydrogen-bond acceptors (Lipinski definition) is 8. The first-order valence-corrected chi connectivity index (χ1v) is 16.4. The van der Waals surface area contributed by atoms with Crippen LogP contribution in [0.1, 0.15) is 62.4 Å². The minimum atomic E-state index is -4.00. The first kappa shape index (κ1) is 31.4. The molecule has 1 saturated heterocycles. The topological polar surface area (TPSA) is 148 Å². The fourth-order valence-corrected chi connectivity index (χ4v) is 7.47. The number of ether oxygens (including phenoxy) is 1. The molecule has 11 nitrogen and oxygen atoms in total. The fourth-order valence-electron chi connectivity index (χ4n) is 5.91. The van der Waals surface area contributed by atoms with Crippen LogP contribution in [0, 0.1) is 5.92 Å². The highest BCUT2D eigenvalue weighted by molar-refractivity contribution is 7.89. The first-order chi connectivity index (χ1) is 21.2. The number of pyridine rings is 1. The molecule has 1 aliphatic carbocycles. The van der Waals surface area contributed by atoms with E-state index >= 15 is 0 Å². The predicted molar refractivity (Wildman–Crippen MR) is 162 cm³/mol. The molecule has 2 amide bonds. The lowest BCUT2D eigenvalue weighted by molar-refractivity contribution is -0.129. The van der Waals surface area contributed by atoms with Crippen molar-refractivity contribution >= 4 is 27.6 Å². The molecule has 3 aromatic rings. The van der Waals surface area contributed by atoms with E-state index in [9.17, 15) is 22.8 Å². The van der Waals surface area contributed by atoms with E-state index in [0.29, 0.717) is 24.4 Å². The van der Waals surface area contributed by atoms with Crippen LogP contribution in [0.5, 0.6) is 5.75 Å². The van der Waals surface area contributed by atoms with Gasteiger partial charge in [0.15, 0.2) is 16.6 Å². The zero-order valence-electron chi connectivity index (χ0n) is 24.9. The van der Waals surface area contributed by atoms with Gasteiger partial charge in [0.05, 0.1) is 19.7 Å². The molecule has 1 aromatic carbocycles. The van der Waals surface area contributed by atoms with Crippen molar-refractivity contribution in [2.75, 3.05) is 13.7 Å². The number of sulfonamides is 1. The molecule has 2 aromatic heterocycles. The Balaban J connectivity index is 1.28. The molecule has 1 saturated carbocycles. The molecule has 0 radical (unpaired) electrons. The first-order valence-electron chi connectivity index (χ1n) is 15.0. The van der Waals surface area contributed by atoms with Crippen molar-refractivity contribution in [2.45, 2.75) is 75.0 Å². The SMILES string of the molecule is COc1ccc(-c2ccc(C(=O)N[C@@H](CC3CCCC3)C(=O)N[C@H]3CC[C@@H](C)N(S(=O)(=O)c4ccccn4)CC3=O)o2)cc1. The van der Waals surface area contributed by atoms with Gasteiger partial charge < -0.3 is 19.8 Å². The molecule has 12 heteroatoms. The third-order valence-electron chi connectivity index (χ3n) is 8.46. The summed E-state index contributed by atoms with van der Waals surface area (Å²) in [6.07, 6.45) is 6.51. The highest BCUT2D eigenvalue weighted by Crippen LogP contribution is 2.30. The molecule has 234 valence electrons. The van der Waals surface area contributed by atoms with E-state index in [0.717, 1.165) is 35.6 Å². The molecule has 44 heavy (non-hydrogen) atoms. The third-order valence-corrected chi connectivity index (χ3v) is 10.3. The maximum absolute atomic E-state index is 13.6. The van der Waals surface area contributed by atoms with Crippen LogP contribution in [0.2, 0.25) is 0 Å². The summed E-state index contributed by atoms with van der Waals surface area (Å²) in [5, 5.41) is 5.54. The molecular formula is C32H38N4O7S. The Hall–Kier alpha value is -4.03. The van der Waals surface area contributed by atoms with Crippen LogP contribution in [-0.4, -0.2) is 67.1 Å². The number of furan rings is 1. The molecule has 2 aliphatic rings. The van der Waals surface area contributed by atoms with E-state index in [1.807, 2.05) is 12.1 Å². The third kappa shape index (κ3) is 7.19. The Morgan fingerprint density at radius 1 is 1.05 bits per heavy atom. The zero-order chi connectivity index (χ0) is 31.3. The van der Waals surface area contributed by atoms with Crippen molar-refractivity contribution in [1.82, 2.24) is 19.9 Å². The summed E-state index contributed by atoms with van der Waals surface area (Å²) in [5.74, 6) is 0.108. The van der Waals surface area contributed by atoms with Crippen LogP contribution < -0.4 is 15.4 Å². The molecule has 0 bridgehead atoms. The minimum absolute atomic E-state index is 0.0646. The number of hydrogen-bond donors (Lipinski definition) is 2. The van der Waals surface area contributed by atoms with Crippen LogP contribution in [-0.2, 0) is 19.6 Å². The lowest BCUT2D eigenvalue weighted by Gasteiger charge is -2.25. The number of Topliss-reactive ketones (excluding diaryl/α,β-unsaturated/α-hetero) is 1. The molecular weight excluding hydrogens is 584 g/mol. The van der Waals surface area contributed by atoms with Crippen LogP contribution >= 0.6 is 0 Å². The van der Waals surface area contributed by atoms with Gasteiger partial charge in [-0.15, -0.1) is 0 Å². The second kappa shape index (κ2) is 13.7. The number of ketones is 1. The molecule has 0 spiro atoms. The number of methoxy groups -OCH3 is 1. The second-order valence-electron chi connectivity index (χ2n) is 11.5. The molecule has 5 rings (SSSR count). The predicted octanol–water partition coefficient (Wildman–Crippen LogP) is 3.96. The largest absolute Gasteiger partial charge is 0.497 e. The number of aromatic nitrogens is 1. The Morgan fingerprint density at radius 2 is 1.80 bits per heavy atom. The van der Waals surface area contributed by atoms with E-state index in [2.05, 4.69) is 15.6 Å². The molecule has 0 unspecified atom stereocenters. The Bertz CT molecular complexity index is 1570. The van der Waals surface area contributed by atoms with Gasteiger partial charge in [0.25, 0.3) is 15.9 Å². The van der Waals surface area contributed by atoms with Crippen molar-refractivity contribution in [3.05, 3.63) is 66.6 Å². The Morgan fingerprint density at radius 3 is 2.48 bits per heavy atom. The lowest BCUT2D eigenvalue weighted by atomic mass is 9.97. The van der Waals surface area contributed by atoms with E-state index < -0.39 is 45.7 Å². The maximum Gasteiger partial charge on any atom is 0.287 e. The van der Waals surface area contributed by atoms with Gasteiger partial charge in [0.1, 0.15) is 17.6 Å². The van der Waals surface area contributed by atoms with Crippen LogP contribution in [0.3, 0.4) is 0 Å². The smallest absolute Gasteiger partial charge is 0.287 e. The van der Waals surface area contributed by atoms with E-state index in [-0.39, 0.29) is 29.7 Å². The maximum atomic E-state index is 13.6. The van der Waals surface area contributed by atoms with Crippen molar-refractivity contribution in [3.63, 3.8) is 0 Å². The number of carbonyl (C=O) groups excluding carboxylic acids is 3. The average molecular weight is 623 g/mol. The summed E-state index contributed by atoms with van der Waals surface area (Å²) in [6.45, 7) is 1.36. The summed E-state index contributed by atoms with van der Waals surface area (Å²) in [6, 6.07) is 12.8. The van der Waals surface area contributed by atoms with Crippen molar-refractivity contribution in [2.24, 2.45) is 5.92 Å². The molecule has 2 fully saturated rings. The monoisotopic (exact) mass is 622 g/mol. The van der Waals surface area contributed by atoms with Crippen molar-refractivity contribution in [3.8, 4) is 17.1 Å².